The molecule has 0 radical (unpaired) electrons. The number of amides is 1. The Hall–Kier alpha value is -1.66. The lowest BCUT2D eigenvalue weighted by molar-refractivity contribution is 0.0575. The average molecular weight is 390 g/mol. The van der Waals surface area contributed by atoms with Crippen LogP contribution in [-0.2, 0) is 11.3 Å². The summed E-state index contributed by atoms with van der Waals surface area (Å²) in [5.74, 6) is 0.267. The Bertz CT molecular complexity index is 741. The summed E-state index contributed by atoms with van der Waals surface area (Å²) >= 11 is 0. The molecule has 2 aliphatic rings. The van der Waals surface area contributed by atoms with Gasteiger partial charge in [-0.1, -0.05) is 6.42 Å². The Balaban J connectivity index is 1.69. The van der Waals surface area contributed by atoms with E-state index in [-0.39, 0.29) is 11.5 Å². The fourth-order valence-electron chi connectivity index (χ4n) is 4.98. The van der Waals surface area contributed by atoms with Crippen LogP contribution in [0.5, 0.6) is 0 Å². The predicted molar refractivity (Wildman–Crippen MR) is 111 cm³/mol. The smallest absolute Gasteiger partial charge is 0.263 e. The highest BCUT2D eigenvalue weighted by molar-refractivity contribution is 5.95. The average Bonchev–Trinajstić information content (AvgIpc) is 2.68. The van der Waals surface area contributed by atoms with E-state index in [2.05, 4.69) is 10.2 Å². The fraction of sp³-hybridized carbons (Fsp3) is 0.727. The van der Waals surface area contributed by atoms with Gasteiger partial charge in [0.05, 0.1) is 0 Å². The van der Waals surface area contributed by atoms with Gasteiger partial charge in [-0.05, 0) is 76.6 Å². The fourth-order valence-corrected chi connectivity index (χ4v) is 4.98. The van der Waals surface area contributed by atoms with Gasteiger partial charge in [0.15, 0.2) is 0 Å². The molecule has 0 bridgehead atoms. The van der Waals surface area contributed by atoms with E-state index in [0.29, 0.717) is 37.2 Å². The summed E-state index contributed by atoms with van der Waals surface area (Å²) in [6.07, 6.45) is 6.93. The van der Waals surface area contributed by atoms with Gasteiger partial charge in [0, 0.05) is 38.5 Å². The van der Waals surface area contributed by atoms with E-state index in [9.17, 15) is 9.59 Å². The highest BCUT2D eigenvalue weighted by atomic mass is 16.5. The van der Waals surface area contributed by atoms with E-state index in [0.717, 1.165) is 24.1 Å². The molecule has 6 heteroatoms. The van der Waals surface area contributed by atoms with Crippen LogP contribution in [-0.4, -0.2) is 54.8 Å². The standard InChI is InChI=1S/C22H35N3O3/c1-16-14-17(2)25(12-7-13-28-3)22(27)20(16)21(26)23-15-18-8-6-11-24-10-5-4-9-19(18)24/h14,18-19H,4-13,15H2,1-3H3,(H,23,26)/t18-,19-/m0/s1. The van der Waals surface area contributed by atoms with E-state index in [1.807, 2.05) is 19.9 Å². The van der Waals surface area contributed by atoms with E-state index in [1.165, 1.54) is 38.8 Å². The lowest BCUT2D eigenvalue weighted by atomic mass is 9.83. The molecule has 0 aromatic carbocycles. The molecule has 6 nitrogen and oxygen atoms in total. The molecule has 0 saturated carbocycles. The number of hydrogen-bond acceptors (Lipinski definition) is 4. The Morgan fingerprint density at radius 2 is 2.00 bits per heavy atom. The number of piperidine rings is 2. The molecule has 0 aliphatic carbocycles. The second-order valence-corrected chi connectivity index (χ2v) is 8.36. The maximum Gasteiger partial charge on any atom is 0.263 e. The van der Waals surface area contributed by atoms with Crippen LogP contribution in [0, 0.1) is 19.8 Å². The summed E-state index contributed by atoms with van der Waals surface area (Å²) < 4.78 is 6.79. The second-order valence-electron chi connectivity index (χ2n) is 8.36. The van der Waals surface area contributed by atoms with Gasteiger partial charge in [0.1, 0.15) is 5.56 Å². The minimum absolute atomic E-state index is 0.186. The molecule has 0 spiro atoms. The third-order valence-electron chi connectivity index (χ3n) is 6.42. The lowest BCUT2D eigenvalue weighted by Crippen LogP contribution is -2.51. The number of carbonyl (C=O) groups is 1. The van der Waals surface area contributed by atoms with Gasteiger partial charge in [-0.25, -0.2) is 0 Å². The van der Waals surface area contributed by atoms with Crippen LogP contribution in [0.15, 0.2) is 10.9 Å². The number of nitrogens with zero attached hydrogens (tertiary/aromatic N) is 2. The first-order valence-corrected chi connectivity index (χ1v) is 10.7. The molecule has 1 aromatic heterocycles. The van der Waals surface area contributed by atoms with Gasteiger partial charge < -0.3 is 19.5 Å². The number of nitrogens with one attached hydrogen (secondary N) is 1. The number of carbonyl (C=O) groups excluding carboxylic acids is 1. The minimum Gasteiger partial charge on any atom is -0.385 e. The lowest BCUT2D eigenvalue weighted by Gasteiger charge is -2.44. The van der Waals surface area contributed by atoms with Gasteiger partial charge >= 0.3 is 0 Å². The second kappa shape index (κ2) is 9.70. The number of aromatic nitrogens is 1. The molecule has 2 atom stereocenters. The summed E-state index contributed by atoms with van der Waals surface area (Å²) in [5.41, 5.74) is 1.75. The summed E-state index contributed by atoms with van der Waals surface area (Å²) in [6.45, 7) is 7.99. The molecule has 2 fully saturated rings. The van der Waals surface area contributed by atoms with Crippen LogP contribution in [0.1, 0.15) is 60.1 Å². The summed E-state index contributed by atoms with van der Waals surface area (Å²) in [6, 6.07) is 2.53. The molecule has 156 valence electrons. The molecule has 2 aliphatic heterocycles. The first-order chi connectivity index (χ1) is 13.5. The first kappa shape index (κ1) is 21.1. The van der Waals surface area contributed by atoms with Gasteiger partial charge in [-0.2, -0.15) is 0 Å². The highest BCUT2D eigenvalue weighted by Gasteiger charge is 2.33. The van der Waals surface area contributed by atoms with E-state index in [4.69, 9.17) is 4.74 Å². The van der Waals surface area contributed by atoms with Crippen molar-refractivity contribution in [2.75, 3.05) is 33.4 Å². The van der Waals surface area contributed by atoms with E-state index >= 15 is 0 Å². The zero-order chi connectivity index (χ0) is 20.1. The normalized spacial score (nSPS) is 22.7. The van der Waals surface area contributed by atoms with Crippen molar-refractivity contribution in [3.8, 4) is 0 Å². The molecular formula is C22H35N3O3. The first-order valence-electron chi connectivity index (χ1n) is 10.7. The Morgan fingerprint density at radius 3 is 2.79 bits per heavy atom. The van der Waals surface area contributed by atoms with Gasteiger partial charge in [-0.3, -0.25) is 9.59 Å². The zero-order valence-corrected chi connectivity index (χ0v) is 17.6. The van der Waals surface area contributed by atoms with Crippen molar-refractivity contribution < 1.29 is 9.53 Å². The van der Waals surface area contributed by atoms with Crippen molar-refractivity contribution >= 4 is 5.91 Å². The topological polar surface area (TPSA) is 63.6 Å². The Kier molecular flexibility index (Phi) is 7.30. The Morgan fingerprint density at radius 1 is 1.21 bits per heavy atom. The van der Waals surface area contributed by atoms with E-state index in [1.54, 1.807) is 11.7 Å². The van der Waals surface area contributed by atoms with Gasteiger partial charge in [0.2, 0.25) is 0 Å². The molecule has 1 aromatic rings. The number of hydrogen-bond donors (Lipinski definition) is 1. The van der Waals surface area contributed by atoms with Crippen molar-refractivity contribution in [3.63, 3.8) is 0 Å². The minimum atomic E-state index is -0.226. The van der Waals surface area contributed by atoms with Gasteiger partial charge in [0.25, 0.3) is 11.5 Å². The third-order valence-corrected chi connectivity index (χ3v) is 6.42. The molecular weight excluding hydrogens is 354 g/mol. The largest absolute Gasteiger partial charge is 0.385 e. The predicted octanol–water partition coefficient (Wildman–Crippen LogP) is 2.50. The molecule has 3 rings (SSSR count). The monoisotopic (exact) mass is 389 g/mol. The van der Waals surface area contributed by atoms with Crippen molar-refractivity contribution in [3.05, 3.63) is 33.2 Å². The van der Waals surface area contributed by atoms with Crippen LogP contribution in [0.2, 0.25) is 0 Å². The number of fused-ring (bicyclic) bond motifs is 1. The van der Waals surface area contributed by atoms with Crippen LogP contribution in [0.25, 0.3) is 0 Å². The quantitative estimate of drug-likeness (QED) is 0.728. The van der Waals surface area contributed by atoms with Crippen molar-refractivity contribution in [2.45, 2.75) is 65.0 Å². The summed E-state index contributed by atoms with van der Waals surface area (Å²) in [7, 11) is 1.66. The maximum absolute atomic E-state index is 13.0. The molecule has 0 unspecified atom stereocenters. The Labute approximate surface area is 168 Å². The highest BCUT2D eigenvalue weighted by Crippen LogP contribution is 2.30. The number of aryl methyl sites for hydroxylation is 2. The van der Waals surface area contributed by atoms with Crippen LogP contribution >= 0.6 is 0 Å². The molecule has 1 amide bonds. The summed E-state index contributed by atoms with van der Waals surface area (Å²) in [5, 5.41) is 3.09. The van der Waals surface area contributed by atoms with Crippen molar-refractivity contribution in [1.82, 2.24) is 14.8 Å². The molecule has 1 N–H and O–H groups in total. The van der Waals surface area contributed by atoms with Crippen LogP contribution < -0.4 is 10.9 Å². The van der Waals surface area contributed by atoms with Crippen LogP contribution in [0.3, 0.4) is 0 Å². The number of pyridine rings is 1. The van der Waals surface area contributed by atoms with Crippen LogP contribution in [0.4, 0.5) is 0 Å². The molecule has 28 heavy (non-hydrogen) atoms. The maximum atomic E-state index is 13.0. The van der Waals surface area contributed by atoms with E-state index < -0.39 is 0 Å². The van der Waals surface area contributed by atoms with Gasteiger partial charge in [-0.15, -0.1) is 0 Å². The number of ether oxygens (including phenoxy) is 1. The summed E-state index contributed by atoms with van der Waals surface area (Å²) in [4.78, 5) is 28.5. The number of methoxy groups -OCH3 is 1. The number of rotatable bonds is 7. The molecule has 2 saturated heterocycles. The molecule has 3 heterocycles. The zero-order valence-electron chi connectivity index (χ0n) is 17.6. The third kappa shape index (κ3) is 4.66. The SMILES string of the molecule is COCCCn1c(C)cc(C)c(C(=O)NC[C@@H]2CCCN3CCCC[C@@H]23)c1=O. The van der Waals surface area contributed by atoms with Crippen molar-refractivity contribution in [2.24, 2.45) is 5.92 Å². The van der Waals surface area contributed by atoms with Crippen molar-refractivity contribution in [1.29, 1.82) is 0 Å².